The molecule has 0 amide bonds. The molecule has 1 rings (SSSR count). The molecule has 3 heteroatoms. The molecule has 0 saturated heterocycles. The predicted octanol–water partition coefficient (Wildman–Crippen LogP) is 5.15. The Bertz CT molecular complexity index is 373. The van der Waals surface area contributed by atoms with Gasteiger partial charge in [-0.2, -0.15) is 0 Å². The number of pyridine rings is 1. The van der Waals surface area contributed by atoms with Gasteiger partial charge in [-0.3, -0.25) is 0 Å². The van der Waals surface area contributed by atoms with E-state index in [2.05, 4.69) is 37.9 Å². The number of aromatic nitrogens is 1. The van der Waals surface area contributed by atoms with Crippen LogP contribution in [0.15, 0.2) is 18.3 Å². The van der Waals surface area contributed by atoms with E-state index in [1.807, 2.05) is 6.20 Å². The van der Waals surface area contributed by atoms with Gasteiger partial charge in [0.05, 0.1) is 0 Å². The Kier molecular flexibility index (Phi) is 9.37. The van der Waals surface area contributed by atoms with E-state index in [-0.39, 0.29) is 0 Å². The van der Waals surface area contributed by atoms with Crippen LogP contribution in [0.3, 0.4) is 0 Å². The maximum absolute atomic E-state index is 5.39. The van der Waals surface area contributed by atoms with Crippen molar-refractivity contribution in [3.05, 3.63) is 18.3 Å². The summed E-state index contributed by atoms with van der Waals surface area (Å²) in [5.41, 5.74) is 0. The van der Waals surface area contributed by atoms with Crippen molar-refractivity contribution in [1.82, 2.24) is 4.98 Å². The van der Waals surface area contributed by atoms with Crippen LogP contribution < -0.4 is 8.32 Å². The molecule has 0 saturated carbocycles. The summed E-state index contributed by atoms with van der Waals surface area (Å²) in [5.74, 6) is 0.804. The molecule has 0 fully saturated rings. The summed E-state index contributed by atoms with van der Waals surface area (Å²) in [6.07, 6.45) is 10.1. The van der Waals surface area contributed by atoms with Crippen LogP contribution in [0.25, 0.3) is 0 Å². The van der Waals surface area contributed by atoms with Gasteiger partial charge in [0.2, 0.25) is 0 Å². The SMILES string of the molecule is CCC[CH2][Sn]([CH2]CCC)([CH2]CCC)[c]1ccnc(OC)c1. The van der Waals surface area contributed by atoms with E-state index in [0.29, 0.717) is 0 Å². The number of methoxy groups -OCH3 is 1. The molecule has 1 aromatic rings. The van der Waals surface area contributed by atoms with Crippen molar-refractivity contribution in [2.45, 2.75) is 72.6 Å². The van der Waals surface area contributed by atoms with Crippen LogP contribution in [0.2, 0.25) is 13.3 Å². The monoisotopic (exact) mass is 399 g/mol. The number of nitrogens with zero attached hydrogens (tertiary/aromatic N) is 1. The Hall–Kier alpha value is -0.251. The molecule has 0 aromatic carbocycles. The fourth-order valence-electron chi connectivity index (χ4n) is 3.20. The van der Waals surface area contributed by atoms with Crippen LogP contribution in [0.1, 0.15) is 59.3 Å². The van der Waals surface area contributed by atoms with Gasteiger partial charge in [0.15, 0.2) is 0 Å². The van der Waals surface area contributed by atoms with E-state index in [4.69, 9.17) is 4.74 Å². The van der Waals surface area contributed by atoms with Crippen molar-refractivity contribution in [3.8, 4) is 5.88 Å². The standard InChI is InChI=1S/C6H6NO.3C4H9.Sn/c1-8-6-4-2-3-5-7-6;3*1-3-4-2;/h3-5H,1H3;3*1,3-4H2,2H3;. The summed E-state index contributed by atoms with van der Waals surface area (Å²) in [7, 11) is 1.73. The normalized spacial score (nSPS) is 11.6. The second-order valence-electron chi connectivity index (χ2n) is 6.18. The molecule has 0 spiro atoms. The van der Waals surface area contributed by atoms with Crippen molar-refractivity contribution in [1.29, 1.82) is 0 Å². The topological polar surface area (TPSA) is 22.1 Å². The van der Waals surface area contributed by atoms with Gasteiger partial charge >= 0.3 is 136 Å². The number of hydrogen-bond acceptors (Lipinski definition) is 2. The predicted molar refractivity (Wildman–Crippen MR) is 95.3 cm³/mol. The molecule has 0 unspecified atom stereocenters. The number of rotatable bonds is 11. The van der Waals surface area contributed by atoms with Gasteiger partial charge in [-0.1, -0.05) is 0 Å². The van der Waals surface area contributed by atoms with E-state index in [9.17, 15) is 0 Å². The zero-order valence-corrected chi connectivity index (χ0v) is 17.3. The van der Waals surface area contributed by atoms with Gasteiger partial charge < -0.3 is 0 Å². The zero-order chi connectivity index (χ0) is 15.6. The fourth-order valence-corrected chi connectivity index (χ4v) is 19.1. The van der Waals surface area contributed by atoms with Crippen LogP contribution in [-0.4, -0.2) is 30.5 Å². The van der Waals surface area contributed by atoms with E-state index < -0.39 is 18.4 Å². The van der Waals surface area contributed by atoms with Gasteiger partial charge in [0, 0.05) is 0 Å². The third-order valence-electron chi connectivity index (χ3n) is 4.58. The van der Waals surface area contributed by atoms with Crippen LogP contribution in [0.5, 0.6) is 5.88 Å². The third kappa shape index (κ3) is 5.80. The maximum atomic E-state index is 5.39. The average Bonchev–Trinajstić information content (AvgIpc) is 2.54. The van der Waals surface area contributed by atoms with Gasteiger partial charge in [-0.05, 0) is 0 Å². The van der Waals surface area contributed by atoms with Gasteiger partial charge in [0.25, 0.3) is 0 Å². The van der Waals surface area contributed by atoms with E-state index in [0.717, 1.165) is 5.88 Å². The molecule has 0 N–H and O–H groups in total. The van der Waals surface area contributed by atoms with E-state index in [1.54, 1.807) is 10.7 Å². The molecule has 0 aliphatic heterocycles. The van der Waals surface area contributed by atoms with Crippen molar-refractivity contribution in [2.75, 3.05) is 7.11 Å². The molecule has 21 heavy (non-hydrogen) atoms. The molecule has 0 aliphatic carbocycles. The molecule has 0 atom stereocenters. The van der Waals surface area contributed by atoms with Crippen molar-refractivity contribution in [3.63, 3.8) is 0 Å². The summed E-state index contributed by atoms with van der Waals surface area (Å²) in [6, 6.07) is 4.57. The molecular weight excluding hydrogens is 365 g/mol. The van der Waals surface area contributed by atoms with Crippen LogP contribution in [0, 0.1) is 0 Å². The molecule has 0 aliphatic rings. The summed E-state index contributed by atoms with van der Waals surface area (Å²) < 4.78 is 11.5. The molecule has 1 aromatic heterocycles. The summed E-state index contributed by atoms with van der Waals surface area (Å²) in [6.45, 7) is 6.97. The van der Waals surface area contributed by atoms with Crippen molar-refractivity contribution < 1.29 is 4.74 Å². The molecule has 1 heterocycles. The summed E-state index contributed by atoms with van der Waals surface area (Å²) in [5, 5.41) is 0. The second kappa shape index (κ2) is 10.5. The molecular formula is C18H33NOSn. The summed E-state index contributed by atoms with van der Waals surface area (Å²) >= 11 is -2.28. The quantitative estimate of drug-likeness (QED) is 0.482. The Labute approximate surface area is 135 Å². The van der Waals surface area contributed by atoms with Gasteiger partial charge in [-0.25, -0.2) is 0 Å². The minimum absolute atomic E-state index is 0.804. The van der Waals surface area contributed by atoms with Crippen molar-refractivity contribution in [2.24, 2.45) is 0 Å². The fraction of sp³-hybridized carbons (Fsp3) is 0.722. The molecule has 2 nitrogen and oxygen atoms in total. The molecule has 0 radical (unpaired) electrons. The van der Waals surface area contributed by atoms with Crippen LogP contribution in [-0.2, 0) is 0 Å². The molecule has 120 valence electrons. The number of hydrogen-bond donors (Lipinski definition) is 0. The van der Waals surface area contributed by atoms with Crippen LogP contribution in [0.4, 0.5) is 0 Å². The first-order valence-corrected chi connectivity index (χ1v) is 16.2. The molecule has 0 bridgehead atoms. The van der Waals surface area contributed by atoms with E-state index >= 15 is 0 Å². The first-order chi connectivity index (χ1) is 10.2. The first kappa shape index (κ1) is 18.8. The third-order valence-corrected chi connectivity index (χ3v) is 20.2. The average molecular weight is 398 g/mol. The second-order valence-corrected chi connectivity index (χ2v) is 19.4. The van der Waals surface area contributed by atoms with Crippen LogP contribution >= 0.6 is 0 Å². The Morgan fingerprint density at radius 3 is 1.90 bits per heavy atom. The Morgan fingerprint density at radius 2 is 1.48 bits per heavy atom. The van der Waals surface area contributed by atoms with Gasteiger partial charge in [-0.15, -0.1) is 0 Å². The summed E-state index contributed by atoms with van der Waals surface area (Å²) in [4.78, 5) is 4.32. The first-order valence-electron chi connectivity index (χ1n) is 8.73. The minimum atomic E-state index is -2.28. The van der Waals surface area contributed by atoms with Crippen molar-refractivity contribution >= 4 is 22.0 Å². The Morgan fingerprint density at radius 1 is 0.952 bits per heavy atom. The Balaban J connectivity index is 3.09. The zero-order valence-electron chi connectivity index (χ0n) is 14.5. The van der Waals surface area contributed by atoms with Gasteiger partial charge in [0.1, 0.15) is 0 Å². The van der Waals surface area contributed by atoms with E-state index in [1.165, 1.54) is 51.8 Å². The number of ether oxygens (including phenoxy) is 1. The number of unbranched alkanes of at least 4 members (excludes halogenated alkanes) is 3.